The summed E-state index contributed by atoms with van der Waals surface area (Å²) in [6.45, 7) is 4.05. The SMILES string of the molecule is CCOc1nc(NN)nc(OCCC2CCCN2C)n1. The molecule has 2 rings (SSSR count). The average molecular weight is 282 g/mol. The van der Waals surface area contributed by atoms with E-state index in [-0.39, 0.29) is 18.0 Å². The molecule has 1 aliphatic rings. The molecule has 112 valence electrons. The number of nitrogens with zero attached hydrogens (tertiary/aromatic N) is 4. The molecule has 2 heterocycles. The molecule has 1 saturated heterocycles. The van der Waals surface area contributed by atoms with E-state index in [4.69, 9.17) is 15.3 Å². The minimum Gasteiger partial charge on any atom is -0.464 e. The third kappa shape index (κ3) is 3.91. The topological polar surface area (TPSA) is 98.4 Å². The fraction of sp³-hybridized carbons (Fsp3) is 0.750. The first-order valence-corrected chi connectivity index (χ1v) is 6.91. The third-order valence-electron chi connectivity index (χ3n) is 3.35. The number of hydrazine groups is 1. The summed E-state index contributed by atoms with van der Waals surface area (Å²) >= 11 is 0. The van der Waals surface area contributed by atoms with Gasteiger partial charge in [-0.15, -0.1) is 4.98 Å². The normalized spacial score (nSPS) is 19.1. The molecule has 1 aliphatic heterocycles. The van der Waals surface area contributed by atoms with Gasteiger partial charge in [0.15, 0.2) is 0 Å². The molecule has 0 radical (unpaired) electrons. The van der Waals surface area contributed by atoms with Gasteiger partial charge in [-0.2, -0.15) is 9.97 Å². The Morgan fingerprint density at radius 2 is 2.05 bits per heavy atom. The van der Waals surface area contributed by atoms with Gasteiger partial charge in [-0.1, -0.05) is 0 Å². The zero-order valence-corrected chi connectivity index (χ0v) is 12.0. The molecule has 0 aromatic carbocycles. The van der Waals surface area contributed by atoms with Crippen molar-refractivity contribution in [3.05, 3.63) is 0 Å². The van der Waals surface area contributed by atoms with E-state index in [0.717, 1.165) is 13.0 Å². The molecule has 8 nitrogen and oxygen atoms in total. The molecule has 1 atom stereocenters. The van der Waals surface area contributed by atoms with Gasteiger partial charge in [0.25, 0.3) is 0 Å². The smallest absolute Gasteiger partial charge is 0.324 e. The van der Waals surface area contributed by atoms with Crippen molar-refractivity contribution in [2.45, 2.75) is 32.2 Å². The highest BCUT2D eigenvalue weighted by Gasteiger charge is 2.20. The summed E-state index contributed by atoms with van der Waals surface area (Å²) < 4.78 is 10.8. The molecule has 0 aliphatic carbocycles. The van der Waals surface area contributed by atoms with Crippen LogP contribution in [-0.2, 0) is 0 Å². The van der Waals surface area contributed by atoms with Crippen LogP contribution in [0.3, 0.4) is 0 Å². The van der Waals surface area contributed by atoms with Crippen molar-refractivity contribution in [2.75, 3.05) is 32.2 Å². The molecule has 1 unspecified atom stereocenters. The fourth-order valence-corrected chi connectivity index (χ4v) is 2.29. The van der Waals surface area contributed by atoms with Crippen molar-refractivity contribution in [1.82, 2.24) is 19.9 Å². The van der Waals surface area contributed by atoms with E-state index in [2.05, 4.69) is 32.3 Å². The maximum absolute atomic E-state index is 5.58. The van der Waals surface area contributed by atoms with E-state index in [1.54, 1.807) is 0 Å². The van der Waals surface area contributed by atoms with Crippen molar-refractivity contribution in [2.24, 2.45) is 5.84 Å². The van der Waals surface area contributed by atoms with Crippen LogP contribution < -0.4 is 20.7 Å². The second-order valence-electron chi connectivity index (χ2n) is 4.72. The van der Waals surface area contributed by atoms with Crippen LogP contribution in [0.2, 0.25) is 0 Å². The van der Waals surface area contributed by atoms with E-state index >= 15 is 0 Å². The van der Waals surface area contributed by atoms with E-state index in [1.807, 2.05) is 6.92 Å². The number of hydrogen-bond donors (Lipinski definition) is 2. The minimum absolute atomic E-state index is 0.212. The number of hydrogen-bond acceptors (Lipinski definition) is 8. The Balaban J connectivity index is 1.89. The van der Waals surface area contributed by atoms with Crippen molar-refractivity contribution < 1.29 is 9.47 Å². The van der Waals surface area contributed by atoms with Gasteiger partial charge in [-0.05, 0) is 39.8 Å². The number of aromatic nitrogens is 3. The van der Waals surface area contributed by atoms with Gasteiger partial charge in [0.05, 0.1) is 13.2 Å². The van der Waals surface area contributed by atoms with Crippen LogP contribution in [0.15, 0.2) is 0 Å². The number of ether oxygens (including phenoxy) is 2. The molecule has 3 N–H and O–H groups in total. The number of nitrogens with two attached hydrogens (primary N) is 1. The maximum atomic E-state index is 5.58. The van der Waals surface area contributed by atoms with Crippen molar-refractivity contribution in [3.63, 3.8) is 0 Å². The van der Waals surface area contributed by atoms with Crippen LogP contribution in [-0.4, -0.2) is 52.7 Å². The number of nitrogen functional groups attached to an aromatic ring is 1. The molecule has 0 amide bonds. The zero-order chi connectivity index (χ0) is 14.4. The second-order valence-corrected chi connectivity index (χ2v) is 4.72. The molecule has 1 aromatic rings. The van der Waals surface area contributed by atoms with Crippen molar-refractivity contribution in [3.8, 4) is 12.0 Å². The first-order valence-electron chi connectivity index (χ1n) is 6.91. The predicted molar refractivity (Wildman–Crippen MR) is 74.6 cm³/mol. The highest BCUT2D eigenvalue weighted by Crippen LogP contribution is 2.18. The molecule has 1 fully saturated rings. The molecular formula is C12H22N6O2. The van der Waals surface area contributed by atoms with Gasteiger partial charge in [0.1, 0.15) is 0 Å². The summed E-state index contributed by atoms with van der Waals surface area (Å²) in [6, 6.07) is 1.02. The molecule has 0 bridgehead atoms. The molecular weight excluding hydrogens is 260 g/mol. The maximum Gasteiger partial charge on any atom is 0.324 e. The van der Waals surface area contributed by atoms with E-state index in [0.29, 0.717) is 19.3 Å². The largest absolute Gasteiger partial charge is 0.464 e. The standard InChI is InChI=1S/C12H22N6O2/c1-3-19-11-14-10(17-13)15-12(16-11)20-8-6-9-5-4-7-18(9)2/h9H,3-8,13H2,1-2H3,(H,14,15,16,17). The lowest BCUT2D eigenvalue weighted by atomic mass is 10.2. The summed E-state index contributed by atoms with van der Waals surface area (Å²) in [5.74, 6) is 5.54. The summed E-state index contributed by atoms with van der Waals surface area (Å²) in [5.41, 5.74) is 2.37. The Hall–Kier alpha value is -1.67. The van der Waals surface area contributed by atoms with E-state index in [9.17, 15) is 0 Å². The highest BCUT2D eigenvalue weighted by atomic mass is 16.5. The minimum atomic E-state index is 0.212. The van der Waals surface area contributed by atoms with Gasteiger partial charge in [-0.3, -0.25) is 5.43 Å². The highest BCUT2D eigenvalue weighted by molar-refractivity contribution is 5.25. The van der Waals surface area contributed by atoms with Gasteiger partial charge in [0, 0.05) is 6.04 Å². The predicted octanol–water partition coefficient (Wildman–Crippen LogP) is 0.419. The second kappa shape index (κ2) is 7.20. The summed E-state index contributed by atoms with van der Waals surface area (Å²) in [5, 5.41) is 0. The van der Waals surface area contributed by atoms with Gasteiger partial charge < -0.3 is 14.4 Å². The molecule has 1 aromatic heterocycles. The lowest BCUT2D eigenvalue weighted by Crippen LogP contribution is -2.26. The monoisotopic (exact) mass is 282 g/mol. The van der Waals surface area contributed by atoms with E-state index < -0.39 is 0 Å². The summed E-state index contributed by atoms with van der Waals surface area (Å²) in [7, 11) is 2.14. The molecule has 0 saturated carbocycles. The molecule has 0 spiro atoms. The van der Waals surface area contributed by atoms with Crippen molar-refractivity contribution >= 4 is 5.95 Å². The van der Waals surface area contributed by atoms with Crippen molar-refractivity contribution in [1.29, 1.82) is 0 Å². The quantitative estimate of drug-likeness (QED) is 0.548. The van der Waals surface area contributed by atoms with Crippen LogP contribution in [0.4, 0.5) is 5.95 Å². The van der Waals surface area contributed by atoms with Crippen LogP contribution >= 0.6 is 0 Å². The Morgan fingerprint density at radius 1 is 1.30 bits per heavy atom. The summed E-state index contributed by atoms with van der Waals surface area (Å²) in [4.78, 5) is 14.4. The van der Waals surface area contributed by atoms with Crippen LogP contribution in [0, 0.1) is 0 Å². The average Bonchev–Trinajstić information content (AvgIpc) is 2.84. The molecule has 8 heteroatoms. The lowest BCUT2D eigenvalue weighted by Gasteiger charge is -2.18. The third-order valence-corrected chi connectivity index (χ3v) is 3.35. The number of likely N-dealkylation sites (tertiary alicyclic amines) is 1. The van der Waals surface area contributed by atoms with Crippen LogP contribution in [0.1, 0.15) is 26.2 Å². The van der Waals surface area contributed by atoms with Crippen LogP contribution in [0.25, 0.3) is 0 Å². The lowest BCUT2D eigenvalue weighted by molar-refractivity contribution is 0.218. The Labute approximate surface area is 118 Å². The van der Waals surface area contributed by atoms with Gasteiger partial charge >= 0.3 is 12.0 Å². The molecule has 20 heavy (non-hydrogen) atoms. The number of nitrogens with one attached hydrogen (secondary N) is 1. The van der Waals surface area contributed by atoms with Gasteiger partial charge in [0.2, 0.25) is 5.95 Å². The van der Waals surface area contributed by atoms with Crippen LogP contribution in [0.5, 0.6) is 12.0 Å². The van der Waals surface area contributed by atoms with Gasteiger partial charge in [-0.25, -0.2) is 5.84 Å². The zero-order valence-electron chi connectivity index (χ0n) is 12.0. The first kappa shape index (κ1) is 14.7. The Morgan fingerprint density at radius 3 is 2.65 bits per heavy atom. The Kier molecular flexibility index (Phi) is 5.31. The Bertz CT molecular complexity index is 430. The van der Waals surface area contributed by atoms with E-state index in [1.165, 1.54) is 12.8 Å². The number of anilines is 1. The summed E-state index contributed by atoms with van der Waals surface area (Å²) in [6.07, 6.45) is 3.43. The first-order chi connectivity index (χ1) is 9.72. The fourth-order valence-electron chi connectivity index (χ4n) is 2.29. The number of rotatable bonds is 7.